The fourth-order valence-electron chi connectivity index (χ4n) is 11.3. The highest BCUT2D eigenvalue weighted by Gasteiger charge is 2.71. The molecule has 4 fully saturated rings. The van der Waals surface area contributed by atoms with Gasteiger partial charge in [-0.25, -0.2) is 0 Å². The number of carbonyl (C=O) groups excluding carboxylic acids is 3. The Bertz CT molecular complexity index is 1210. The number of hydrogen-bond acceptors (Lipinski definition) is 6. The Balaban J connectivity index is 1.51. The SMILES string of the molecule is COC(=O)[C@]12CCC(C)(C)C[C@H]1C1=CC(=O)[C@@H]3[C@@]4(C)CC[C@H](OC(=O)CCC(=O)O)C(C)(C)[C@@H]4CC[C@@]3(C)[C@]1(C)CC2. The predicted molar refractivity (Wildman–Crippen MR) is 158 cm³/mol. The molecule has 7 nitrogen and oxygen atoms in total. The van der Waals surface area contributed by atoms with Crippen LogP contribution in [-0.2, 0) is 28.7 Å². The van der Waals surface area contributed by atoms with E-state index in [4.69, 9.17) is 14.6 Å². The molecule has 7 heteroatoms. The minimum atomic E-state index is -1.01. The first kappa shape index (κ1) is 31.3. The molecule has 0 unspecified atom stereocenters. The number of fused-ring (bicyclic) bond motifs is 7. The van der Waals surface area contributed by atoms with E-state index in [1.54, 1.807) is 0 Å². The van der Waals surface area contributed by atoms with Crippen LogP contribution in [0.4, 0.5) is 0 Å². The lowest BCUT2D eigenvalue weighted by Gasteiger charge is -2.70. The zero-order valence-corrected chi connectivity index (χ0v) is 27.1. The quantitative estimate of drug-likeness (QED) is 0.350. The van der Waals surface area contributed by atoms with E-state index >= 15 is 0 Å². The van der Waals surface area contributed by atoms with Crippen LogP contribution in [-0.4, -0.2) is 42.0 Å². The van der Waals surface area contributed by atoms with Crippen molar-refractivity contribution >= 4 is 23.7 Å². The van der Waals surface area contributed by atoms with Gasteiger partial charge in [-0.3, -0.25) is 19.2 Å². The normalized spacial score (nSPS) is 43.4. The van der Waals surface area contributed by atoms with E-state index in [0.29, 0.717) is 6.42 Å². The molecule has 1 N–H and O–H groups in total. The predicted octanol–water partition coefficient (Wildman–Crippen LogP) is 6.92. The molecule has 234 valence electrons. The molecule has 0 bridgehead atoms. The van der Waals surface area contributed by atoms with Gasteiger partial charge in [0.1, 0.15) is 6.10 Å². The highest BCUT2D eigenvalue weighted by Crippen LogP contribution is 2.75. The molecule has 5 rings (SSSR count). The summed E-state index contributed by atoms with van der Waals surface area (Å²) in [7, 11) is 1.50. The summed E-state index contributed by atoms with van der Waals surface area (Å²) in [5.74, 6) is -1.33. The van der Waals surface area contributed by atoms with Gasteiger partial charge in [0.25, 0.3) is 0 Å². The van der Waals surface area contributed by atoms with E-state index in [0.717, 1.165) is 51.4 Å². The zero-order chi connectivity index (χ0) is 31.1. The molecule has 0 spiro atoms. The molecule has 5 aliphatic carbocycles. The summed E-state index contributed by atoms with van der Waals surface area (Å²) in [5, 5.41) is 9.00. The van der Waals surface area contributed by atoms with Crippen LogP contribution in [0.1, 0.15) is 119 Å². The van der Waals surface area contributed by atoms with E-state index in [1.165, 1.54) is 12.7 Å². The third-order valence-corrected chi connectivity index (χ3v) is 13.7. The van der Waals surface area contributed by atoms with Gasteiger partial charge >= 0.3 is 17.9 Å². The molecule has 0 aromatic heterocycles. The van der Waals surface area contributed by atoms with Crippen molar-refractivity contribution in [3.63, 3.8) is 0 Å². The van der Waals surface area contributed by atoms with Crippen LogP contribution < -0.4 is 0 Å². The molecule has 0 aromatic rings. The second-order valence-electron chi connectivity index (χ2n) is 16.6. The van der Waals surface area contributed by atoms with Crippen LogP contribution in [0.5, 0.6) is 0 Å². The number of aliphatic carboxylic acids is 1. The number of carboxylic acid groups (broad SMARTS) is 1. The molecule has 0 saturated heterocycles. The fraction of sp³-hybridized carbons (Fsp3) is 0.829. The second-order valence-corrected chi connectivity index (χ2v) is 16.6. The molecule has 0 aromatic carbocycles. The first-order chi connectivity index (χ1) is 19.4. The van der Waals surface area contributed by atoms with Crippen molar-refractivity contribution in [3.8, 4) is 0 Å². The van der Waals surface area contributed by atoms with Crippen molar-refractivity contribution < 1.29 is 33.8 Å². The number of carbonyl (C=O) groups is 4. The van der Waals surface area contributed by atoms with Crippen molar-refractivity contribution in [2.24, 2.45) is 50.2 Å². The summed E-state index contributed by atoms with van der Waals surface area (Å²) >= 11 is 0. The van der Waals surface area contributed by atoms with Crippen molar-refractivity contribution in [2.45, 2.75) is 125 Å². The van der Waals surface area contributed by atoms with E-state index in [-0.39, 0.29) is 75.5 Å². The van der Waals surface area contributed by atoms with E-state index in [1.807, 2.05) is 6.08 Å². The molecular weight excluding hydrogens is 532 g/mol. The van der Waals surface area contributed by atoms with Crippen LogP contribution in [0.2, 0.25) is 0 Å². The van der Waals surface area contributed by atoms with Gasteiger partial charge in [-0.2, -0.15) is 0 Å². The van der Waals surface area contributed by atoms with Crippen molar-refractivity contribution in [1.29, 1.82) is 0 Å². The van der Waals surface area contributed by atoms with Gasteiger partial charge in [0, 0.05) is 11.3 Å². The van der Waals surface area contributed by atoms with Gasteiger partial charge < -0.3 is 14.6 Å². The van der Waals surface area contributed by atoms with Gasteiger partial charge in [-0.15, -0.1) is 0 Å². The molecule has 5 aliphatic rings. The lowest BCUT2D eigenvalue weighted by Crippen LogP contribution is -2.67. The van der Waals surface area contributed by atoms with E-state index in [2.05, 4.69) is 48.5 Å². The molecule has 42 heavy (non-hydrogen) atoms. The minimum absolute atomic E-state index is 0.0112. The maximum Gasteiger partial charge on any atom is 0.312 e. The lowest BCUT2D eigenvalue weighted by molar-refractivity contribution is -0.212. The Morgan fingerprint density at radius 3 is 2.21 bits per heavy atom. The maximum absolute atomic E-state index is 14.6. The average Bonchev–Trinajstić information content (AvgIpc) is 2.89. The Morgan fingerprint density at radius 2 is 1.57 bits per heavy atom. The van der Waals surface area contributed by atoms with Gasteiger partial charge in [0.05, 0.1) is 25.4 Å². The summed E-state index contributed by atoms with van der Waals surface area (Å²) in [6, 6.07) is 0. The lowest BCUT2D eigenvalue weighted by atomic mass is 9.33. The van der Waals surface area contributed by atoms with E-state index < -0.39 is 17.4 Å². The Kier molecular flexibility index (Phi) is 7.38. The zero-order valence-electron chi connectivity index (χ0n) is 27.1. The average molecular weight is 585 g/mol. The third kappa shape index (κ3) is 4.33. The first-order valence-electron chi connectivity index (χ1n) is 16.1. The fourth-order valence-corrected chi connectivity index (χ4v) is 11.3. The summed E-state index contributed by atoms with van der Waals surface area (Å²) in [5.41, 5.74) is -0.313. The summed E-state index contributed by atoms with van der Waals surface area (Å²) in [6.07, 6.45) is 8.95. The third-order valence-electron chi connectivity index (χ3n) is 13.7. The molecule has 8 atom stereocenters. The van der Waals surface area contributed by atoms with Crippen molar-refractivity contribution in [3.05, 3.63) is 11.6 Å². The number of ketones is 1. The number of ether oxygens (including phenoxy) is 2. The molecule has 0 aliphatic heterocycles. The maximum atomic E-state index is 14.6. The minimum Gasteiger partial charge on any atom is -0.481 e. The van der Waals surface area contributed by atoms with Gasteiger partial charge in [0.2, 0.25) is 0 Å². The molecule has 0 amide bonds. The van der Waals surface area contributed by atoms with Gasteiger partial charge in [-0.1, -0.05) is 54.0 Å². The highest BCUT2D eigenvalue weighted by molar-refractivity contribution is 5.96. The number of esters is 2. The number of rotatable bonds is 5. The standard InChI is InChI=1S/C35H52O7/c1-30(2)15-17-35(29(40)41-8)18-16-33(6)21(22(35)20-30)19-23(36)28-32(5)13-12-25(42-27(39)10-9-26(37)38)31(3,4)24(32)11-14-34(28,33)7/h19,22,24-25,28H,9-18,20H2,1-8H3,(H,37,38)/t22-,24-,25-,28+,32-,33+,34+,35-/m0/s1. The van der Waals surface area contributed by atoms with Crippen LogP contribution in [0.3, 0.4) is 0 Å². The van der Waals surface area contributed by atoms with Crippen molar-refractivity contribution in [1.82, 2.24) is 0 Å². The Hall–Kier alpha value is -2.18. The smallest absolute Gasteiger partial charge is 0.312 e. The van der Waals surface area contributed by atoms with Gasteiger partial charge in [0.15, 0.2) is 5.78 Å². The van der Waals surface area contributed by atoms with Crippen LogP contribution >= 0.6 is 0 Å². The Labute approximate surface area is 251 Å². The number of allylic oxidation sites excluding steroid dienone is 2. The summed E-state index contributed by atoms with van der Waals surface area (Å²) < 4.78 is 11.4. The Morgan fingerprint density at radius 1 is 0.905 bits per heavy atom. The summed E-state index contributed by atoms with van der Waals surface area (Å²) in [6.45, 7) is 15.9. The second kappa shape index (κ2) is 9.92. The molecule has 4 saturated carbocycles. The number of carboxylic acids is 1. The largest absolute Gasteiger partial charge is 0.481 e. The van der Waals surface area contributed by atoms with Crippen LogP contribution in [0.15, 0.2) is 11.6 Å². The molecular formula is C35H52O7. The molecule has 0 radical (unpaired) electrons. The van der Waals surface area contributed by atoms with E-state index in [9.17, 15) is 19.2 Å². The van der Waals surface area contributed by atoms with Crippen molar-refractivity contribution in [2.75, 3.05) is 7.11 Å². The molecule has 0 heterocycles. The monoisotopic (exact) mass is 584 g/mol. The van der Waals surface area contributed by atoms with Crippen LogP contribution in [0, 0.1) is 50.2 Å². The van der Waals surface area contributed by atoms with Gasteiger partial charge in [-0.05, 0) is 97.4 Å². The summed E-state index contributed by atoms with van der Waals surface area (Å²) in [4.78, 5) is 51.5. The first-order valence-corrected chi connectivity index (χ1v) is 16.1. The number of methoxy groups -OCH3 is 1. The van der Waals surface area contributed by atoms with Crippen LogP contribution in [0.25, 0.3) is 0 Å². The highest BCUT2D eigenvalue weighted by atomic mass is 16.5. The number of hydrogen-bond donors (Lipinski definition) is 1. The topological polar surface area (TPSA) is 107 Å².